The third kappa shape index (κ3) is 2.98. The van der Waals surface area contributed by atoms with Crippen LogP contribution in [-0.2, 0) is 0 Å². The second-order valence-electron chi connectivity index (χ2n) is 6.22. The SMILES string of the molecule is CCC(CC)N(C)CC1CCC(C)(C)C1N. The summed E-state index contributed by atoms with van der Waals surface area (Å²) in [5, 5.41) is 0. The molecule has 1 rings (SSSR count). The highest BCUT2D eigenvalue weighted by Crippen LogP contribution is 2.40. The fraction of sp³-hybridized carbons (Fsp3) is 1.00. The van der Waals surface area contributed by atoms with Crippen LogP contribution in [0.25, 0.3) is 0 Å². The maximum atomic E-state index is 6.36. The second kappa shape index (κ2) is 5.50. The third-order valence-electron chi connectivity index (χ3n) is 4.66. The summed E-state index contributed by atoms with van der Waals surface area (Å²) >= 11 is 0. The van der Waals surface area contributed by atoms with Gasteiger partial charge in [0, 0.05) is 18.6 Å². The van der Waals surface area contributed by atoms with Crippen LogP contribution in [0.1, 0.15) is 53.4 Å². The molecule has 0 aromatic rings. The van der Waals surface area contributed by atoms with Crippen LogP contribution in [-0.4, -0.2) is 30.6 Å². The number of rotatable bonds is 5. The van der Waals surface area contributed by atoms with Crippen molar-refractivity contribution in [3.63, 3.8) is 0 Å². The van der Waals surface area contributed by atoms with E-state index in [0.29, 0.717) is 17.4 Å². The molecule has 2 atom stereocenters. The fourth-order valence-electron chi connectivity index (χ4n) is 3.18. The second-order valence-corrected chi connectivity index (χ2v) is 6.22. The molecule has 0 bridgehead atoms. The quantitative estimate of drug-likeness (QED) is 0.781. The fourth-order valence-corrected chi connectivity index (χ4v) is 3.18. The van der Waals surface area contributed by atoms with E-state index < -0.39 is 0 Å². The molecule has 0 amide bonds. The van der Waals surface area contributed by atoms with Crippen LogP contribution in [0.2, 0.25) is 0 Å². The molecule has 0 aliphatic heterocycles. The van der Waals surface area contributed by atoms with Crippen molar-refractivity contribution in [1.82, 2.24) is 4.90 Å². The van der Waals surface area contributed by atoms with Crippen molar-refractivity contribution in [2.24, 2.45) is 17.1 Å². The van der Waals surface area contributed by atoms with E-state index in [1.807, 2.05) is 0 Å². The molecule has 2 heteroatoms. The van der Waals surface area contributed by atoms with E-state index in [9.17, 15) is 0 Å². The molecule has 0 saturated heterocycles. The topological polar surface area (TPSA) is 29.3 Å². The molecule has 2 nitrogen and oxygen atoms in total. The first-order valence-corrected chi connectivity index (χ1v) is 6.88. The average Bonchev–Trinajstić information content (AvgIpc) is 2.47. The van der Waals surface area contributed by atoms with Crippen molar-refractivity contribution in [2.75, 3.05) is 13.6 Å². The van der Waals surface area contributed by atoms with Gasteiger partial charge in [-0.2, -0.15) is 0 Å². The van der Waals surface area contributed by atoms with Gasteiger partial charge in [-0.15, -0.1) is 0 Å². The Morgan fingerprint density at radius 3 is 2.25 bits per heavy atom. The first kappa shape index (κ1) is 14.0. The zero-order chi connectivity index (χ0) is 12.3. The van der Waals surface area contributed by atoms with E-state index >= 15 is 0 Å². The van der Waals surface area contributed by atoms with Crippen molar-refractivity contribution < 1.29 is 0 Å². The zero-order valence-electron chi connectivity index (χ0n) is 11.8. The molecule has 0 spiro atoms. The van der Waals surface area contributed by atoms with Crippen LogP contribution >= 0.6 is 0 Å². The Morgan fingerprint density at radius 2 is 1.88 bits per heavy atom. The van der Waals surface area contributed by atoms with E-state index in [0.717, 1.165) is 6.04 Å². The maximum absolute atomic E-state index is 6.36. The number of nitrogens with two attached hydrogens (primary N) is 1. The summed E-state index contributed by atoms with van der Waals surface area (Å²) in [5.41, 5.74) is 6.71. The van der Waals surface area contributed by atoms with Gasteiger partial charge in [0.2, 0.25) is 0 Å². The van der Waals surface area contributed by atoms with E-state index in [1.165, 1.54) is 32.2 Å². The summed E-state index contributed by atoms with van der Waals surface area (Å²) < 4.78 is 0. The van der Waals surface area contributed by atoms with E-state index in [-0.39, 0.29) is 0 Å². The molecule has 1 fully saturated rings. The number of nitrogens with zero attached hydrogens (tertiary/aromatic N) is 1. The molecule has 2 unspecified atom stereocenters. The van der Waals surface area contributed by atoms with E-state index in [4.69, 9.17) is 5.73 Å². The highest BCUT2D eigenvalue weighted by atomic mass is 15.1. The minimum absolute atomic E-state index is 0.347. The smallest absolute Gasteiger partial charge is 0.0131 e. The minimum atomic E-state index is 0.347. The zero-order valence-corrected chi connectivity index (χ0v) is 11.8. The normalized spacial score (nSPS) is 29.2. The lowest BCUT2D eigenvalue weighted by Crippen LogP contribution is -2.43. The Labute approximate surface area is 102 Å². The molecular weight excluding hydrogens is 196 g/mol. The van der Waals surface area contributed by atoms with Crippen molar-refractivity contribution in [3.8, 4) is 0 Å². The molecule has 1 saturated carbocycles. The lowest BCUT2D eigenvalue weighted by molar-refractivity contribution is 0.178. The Balaban J connectivity index is 2.49. The molecule has 16 heavy (non-hydrogen) atoms. The standard InChI is InChI=1S/C14H30N2/c1-6-12(7-2)16(5)10-11-8-9-14(3,4)13(11)15/h11-13H,6-10,15H2,1-5H3. The highest BCUT2D eigenvalue weighted by Gasteiger charge is 2.39. The Hall–Kier alpha value is -0.0800. The van der Waals surface area contributed by atoms with Crippen LogP contribution < -0.4 is 5.73 Å². The first-order chi connectivity index (χ1) is 7.42. The average molecular weight is 226 g/mol. The lowest BCUT2D eigenvalue weighted by Gasteiger charge is -2.32. The van der Waals surface area contributed by atoms with Gasteiger partial charge >= 0.3 is 0 Å². The van der Waals surface area contributed by atoms with Crippen LogP contribution in [0.15, 0.2) is 0 Å². The Kier molecular flexibility index (Phi) is 4.81. The van der Waals surface area contributed by atoms with Gasteiger partial charge in [0.25, 0.3) is 0 Å². The minimum Gasteiger partial charge on any atom is -0.327 e. The van der Waals surface area contributed by atoms with Gasteiger partial charge in [0.1, 0.15) is 0 Å². The number of hydrogen-bond acceptors (Lipinski definition) is 2. The van der Waals surface area contributed by atoms with Gasteiger partial charge in [0.15, 0.2) is 0 Å². The largest absolute Gasteiger partial charge is 0.327 e. The summed E-state index contributed by atoms with van der Waals surface area (Å²) in [4.78, 5) is 2.52. The van der Waals surface area contributed by atoms with Crippen LogP contribution in [0.4, 0.5) is 0 Å². The Bertz CT molecular complexity index is 209. The van der Waals surface area contributed by atoms with Gasteiger partial charge < -0.3 is 10.6 Å². The van der Waals surface area contributed by atoms with Gasteiger partial charge in [0.05, 0.1) is 0 Å². The van der Waals surface area contributed by atoms with Crippen molar-refractivity contribution in [3.05, 3.63) is 0 Å². The molecular formula is C14H30N2. The summed E-state index contributed by atoms with van der Waals surface area (Å²) in [6.45, 7) is 10.4. The van der Waals surface area contributed by atoms with Crippen molar-refractivity contribution in [1.29, 1.82) is 0 Å². The first-order valence-electron chi connectivity index (χ1n) is 6.88. The maximum Gasteiger partial charge on any atom is 0.0131 e. The van der Waals surface area contributed by atoms with E-state index in [1.54, 1.807) is 0 Å². The Morgan fingerprint density at radius 1 is 1.31 bits per heavy atom. The molecule has 0 aromatic carbocycles. The summed E-state index contributed by atoms with van der Waals surface area (Å²) in [5.74, 6) is 0.695. The summed E-state index contributed by atoms with van der Waals surface area (Å²) in [6.07, 6.45) is 5.09. The van der Waals surface area contributed by atoms with Gasteiger partial charge in [-0.05, 0) is 44.1 Å². The van der Waals surface area contributed by atoms with Crippen molar-refractivity contribution in [2.45, 2.75) is 65.5 Å². The lowest BCUT2D eigenvalue weighted by atomic mass is 9.85. The summed E-state index contributed by atoms with van der Waals surface area (Å²) in [6, 6.07) is 1.11. The van der Waals surface area contributed by atoms with Gasteiger partial charge in [-0.1, -0.05) is 27.7 Å². The van der Waals surface area contributed by atoms with Gasteiger partial charge in [-0.3, -0.25) is 0 Å². The molecule has 0 aromatic heterocycles. The monoisotopic (exact) mass is 226 g/mol. The molecule has 1 aliphatic rings. The molecule has 0 heterocycles. The van der Waals surface area contributed by atoms with E-state index in [2.05, 4.69) is 39.6 Å². The van der Waals surface area contributed by atoms with Crippen LogP contribution in [0.5, 0.6) is 0 Å². The molecule has 2 N–H and O–H groups in total. The predicted molar refractivity (Wildman–Crippen MR) is 71.5 cm³/mol. The highest BCUT2D eigenvalue weighted by molar-refractivity contribution is 4.95. The number of hydrogen-bond donors (Lipinski definition) is 1. The van der Waals surface area contributed by atoms with Crippen LogP contribution in [0, 0.1) is 11.3 Å². The third-order valence-corrected chi connectivity index (χ3v) is 4.66. The molecule has 96 valence electrons. The van der Waals surface area contributed by atoms with Crippen molar-refractivity contribution >= 4 is 0 Å². The molecule has 1 aliphatic carbocycles. The van der Waals surface area contributed by atoms with Gasteiger partial charge in [-0.25, -0.2) is 0 Å². The molecule has 0 radical (unpaired) electrons. The van der Waals surface area contributed by atoms with Crippen LogP contribution in [0.3, 0.4) is 0 Å². The predicted octanol–water partition coefficient (Wildman–Crippen LogP) is 2.87. The summed E-state index contributed by atoms with van der Waals surface area (Å²) in [7, 11) is 2.26.